The smallest absolute Gasteiger partial charge is 0.221 e. The predicted octanol–water partition coefficient (Wildman–Crippen LogP) is 0.429. The number of piperidine rings is 1. The van der Waals surface area contributed by atoms with Crippen molar-refractivity contribution in [1.29, 1.82) is 0 Å². The van der Waals surface area contributed by atoms with Gasteiger partial charge in [0.2, 0.25) is 5.91 Å². The molecule has 0 aliphatic carbocycles. The maximum Gasteiger partial charge on any atom is 0.221 e. The molecule has 0 aromatic rings. The van der Waals surface area contributed by atoms with Crippen LogP contribution in [-0.2, 0) is 4.79 Å². The minimum Gasteiger partial charge on any atom is -0.359 e. The van der Waals surface area contributed by atoms with Crippen LogP contribution in [-0.4, -0.2) is 44.0 Å². The first-order valence-corrected chi connectivity index (χ1v) is 6.34. The van der Waals surface area contributed by atoms with Gasteiger partial charge in [0, 0.05) is 26.6 Å². The summed E-state index contributed by atoms with van der Waals surface area (Å²) in [5.41, 5.74) is 5.78. The van der Waals surface area contributed by atoms with E-state index in [9.17, 15) is 4.79 Å². The molecular formula is C12H25N3O. The quantitative estimate of drug-likeness (QED) is 0.716. The molecule has 3 N–H and O–H groups in total. The van der Waals surface area contributed by atoms with Gasteiger partial charge >= 0.3 is 0 Å². The predicted molar refractivity (Wildman–Crippen MR) is 66.1 cm³/mol. The zero-order valence-corrected chi connectivity index (χ0v) is 10.5. The monoisotopic (exact) mass is 227 g/mol. The first kappa shape index (κ1) is 13.5. The molecule has 0 spiro atoms. The van der Waals surface area contributed by atoms with Crippen LogP contribution < -0.4 is 11.1 Å². The van der Waals surface area contributed by atoms with E-state index in [0.717, 1.165) is 26.2 Å². The lowest BCUT2D eigenvalue weighted by atomic mass is 9.84. The van der Waals surface area contributed by atoms with Crippen molar-refractivity contribution in [3.8, 4) is 0 Å². The van der Waals surface area contributed by atoms with Crippen LogP contribution in [0, 0.1) is 11.8 Å². The standard InChI is InChI=1S/C12H25N3O/c1-3-10-9-15(6-4-11(10)8-13)7-5-12(16)14-2/h10-11H,3-9,13H2,1-2H3,(H,14,16). The van der Waals surface area contributed by atoms with Crippen LogP contribution in [0.5, 0.6) is 0 Å². The third kappa shape index (κ3) is 3.76. The third-order valence-electron chi connectivity index (χ3n) is 3.74. The molecule has 2 unspecified atom stereocenters. The average molecular weight is 227 g/mol. The molecule has 0 aromatic carbocycles. The Bertz CT molecular complexity index is 220. The lowest BCUT2D eigenvalue weighted by molar-refractivity contribution is -0.121. The fourth-order valence-electron chi connectivity index (χ4n) is 2.52. The highest BCUT2D eigenvalue weighted by Crippen LogP contribution is 2.25. The van der Waals surface area contributed by atoms with Crippen LogP contribution in [0.1, 0.15) is 26.2 Å². The molecule has 1 amide bonds. The Morgan fingerprint density at radius 1 is 1.50 bits per heavy atom. The second-order valence-electron chi connectivity index (χ2n) is 4.68. The molecule has 0 bridgehead atoms. The van der Waals surface area contributed by atoms with E-state index in [-0.39, 0.29) is 5.91 Å². The molecule has 0 aromatic heterocycles. The second-order valence-corrected chi connectivity index (χ2v) is 4.68. The Kier molecular flexibility index (Phi) is 5.77. The number of nitrogens with two attached hydrogens (primary N) is 1. The van der Waals surface area contributed by atoms with Crippen LogP contribution in [0.4, 0.5) is 0 Å². The molecule has 4 nitrogen and oxygen atoms in total. The first-order chi connectivity index (χ1) is 7.71. The van der Waals surface area contributed by atoms with Gasteiger partial charge in [-0.05, 0) is 31.3 Å². The van der Waals surface area contributed by atoms with Crippen molar-refractivity contribution in [2.45, 2.75) is 26.2 Å². The third-order valence-corrected chi connectivity index (χ3v) is 3.74. The topological polar surface area (TPSA) is 58.4 Å². The van der Waals surface area contributed by atoms with Crippen molar-refractivity contribution < 1.29 is 4.79 Å². The van der Waals surface area contributed by atoms with Gasteiger partial charge in [0.05, 0.1) is 0 Å². The van der Waals surface area contributed by atoms with Gasteiger partial charge in [0.1, 0.15) is 0 Å². The van der Waals surface area contributed by atoms with Gasteiger partial charge in [0.25, 0.3) is 0 Å². The van der Waals surface area contributed by atoms with Crippen molar-refractivity contribution in [3.05, 3.63) is 0 Å². The van der Waals surface area contributed by atoms with Gasteiger partial charge in [-0.15, -0.1) is 0 Å². The van der Waals surface area contributed by atoms with Crippen molar-refractivity contribution in [2.24, 2.45) is 17.6 Å². The highest BCUT2D eigenvalue weighted by atomic mass is 16.1. The molecule has 1 heterocycles. The number of hydrogen-bond acceptors (Lipinski definition) is 3. The highest BCUT2D eigenvalue weighted by Gasteiger charge is 2.26. The average Bonchev–Trinajstić information content (AvgIpc) is 2.35. The molecule has 0 radical (unpaired) electrons. The Morgan fingerprint density at radius 2 is 2.25 bits per heavy atom. The summed E-state index contributed by atoms with van der Waals surface area (Å²) in [5.74, 6) is 1.53. The number of likely N-dealkylation sites (tertiary alicyclic amines) is 1. The SMILES string of the molecule is CCC1CN(CCC(=O)NC)CCC1CN. The number of nitrogens with one attached hydrogen (secondary N) is 1. The van der Waals surface area contributed by atoms with E-state index in [1.54, 1.807) is 7.05 Å². The zero-order chi connectivity index (χ0) is 12.0. The Morgan fingerprint density at radius 3 is 2.81 bits per heavy atom. The summed E-state index contributed by atoms with van der Waals surface area (Å²) in [7, 11) is 1.69. The molecule has 0 saturated carbocycles. The van der Waals surface area contributed by atoms with Crippen LogP contribution in [0.2, 0.25) is 0 Å². The van der Waals surface area contributed by atoms with Crippen LogP contribution in [0.3, 0.4) is 0 Å². The number of carbonyl (C=O) groups is 1. The summed E-state index contributed by atoms with van der Waals surface area (Å²) in [4.78, 5) is 13.6. The summed E-state index contributed by atoms with van der Waals surface area (Å²) < 4.78 is 0. The highest BCUT2D eigenvalue weighted by molar-refractivity contribution is 5.75. The maximum absolute atomic E-state index is 11.2. The van der Waals surface area contributed by atoms with Crippen LogP contribution in [0.25, 0.3) is 0 Å². The van der Waals surface area contributed by atoms with Gasteiger partial charge in [-0.2, -0.15) is 0 Å². The van der Waals surface area contributed by atoms with E-state index in [1.165, 1.54) is 12.8 Å². The fourth-order valence-corrected chi connectivity index (χ4v) is 2.52. The first-order valence-electron chi connectivity index (χ1n) is 6.34. The molecule has 1 fully saturated rings. The van der Waals surface area contributed by atoms with E-state index in [0.29, 0.717) is 18.3 Å². The van der Waals surface area contributed by atoms with E-state index in [2.05, 4.69) is 17.1 Å². The summed E-state index contributed by atoms with van der Waals surface area (Å²) in [6.45, 7) is 6.12. The normalized spacial score (nSPS) is 26.7. The van der Waals surface area contributed by atoms with E-state index in [1.807, 2.05) is 0 Å². The minimum absolute atomic E-state index is 0.133. The molecular weight excluding hydrogens is 202 g/mol. The van der Waals surface area contributed by atoms with Gasteiger partial charge in [0.15, 0.2) is 0 Å². The Balaban J connectivity index is 2.33. The number of rotatable bonds is 5. The number of nitrogens with zero attached hydrogens (tertiary/aromatic N) is 1. The lowest BCUT2D eigenvalue weighted by Crippen LogP contribution is -2.43. The number of amides is 1. The van der Waals surface area contributed by atoms with Crippen molar-refractivity contribution in [3.63, 3.8) is 0 Å². The lowest BCUT2D eigenvalue weighted by Gasteiger charge is -2.37. The van der Waals surface area contributed by atoms with Crippen molar-refractivity contribution in [2.75, 3.05) is 33.2 Å². The molecule has 1 aliphatic heterocycles. The Hall–Kier alpha value is -0.610. The van der Waals surface area contributed by atoms with E-state index < -0.39 is 0 Å². The molecule has 1 saturated heterocycles. The van der Waals surface area contributed by atoms with Crippen molar-refractivity contribution >= 4 is 5.91 Å². The summed E-state index contributed by atoms with van der Waals surface area (Å²) in [5, 5.41) is 2.66. The second kappa shape index (κ2) is 6.86. The zero-order valence-electron chi connectivity index (χ0n) is 10.5. The van der Waals surface area contributed by atoms with E-state index in [4.69, 9.17) is 5.73 Å². The molecule has 1 aliphatic rings. The summed E-state index contributed by atoms with van der Waals surface area (Å²) in [6.07, 6.45) is 2.99. The van der Waals surface area contributed by atoms with Gasteiger partial charge in [-0.25, -0.2) is 0 Å². The molecule has 1 rings (SSSR count). The fraction of sp³-hybridized carbons (Fsp3) is 0.917. The van der Waals surface area contributed by atoms with Crippen molar-refractivity contribution in [1.82, 2.24) is 10.2 Å². The van der Waals surface area contributed by atoms with Gasteiger partial charge < -0.3 is 16.0 Å². The van der Waals surface area contributed by atoms with Gasteiger partial charge in [-0.3, -0.25) is 4.79 Å². The molecule has 16 heavy (non-hydrogen) atoms. The maximum atomic E-state index is 11.2. The largest absolute Gasteiger partial charge is 0.359 e. The number of carbonyl (C=O) groups excluding carboxylic acids is 1. The summed E-state index contributed by atoms with van der Waals surface area (Å²) >= 11 is 0. The molecule has 2 atom stereocenters. The molecule has 4 heteroatoms. The van der Waals surface area contributed by atoms with Crippen LogP contribution >= 0.6 is 0 Å². The minimum atomic E-state index is 0.133. The Labute approximate surface area is 98.6 Å². The van der Waals surface area contributed by atoms with Gasteiger partial charge in [-0.1, -0.05) is 13.3 Å². The van der Waals surface area contributed by atoms with Crippen LogP contribution in [0.15, 0.2) is 0 Å². The molecule has 94 valence electrons. The summed E-state index contributed by atoms with van der Waals surface area (Å²) in [6, 6.07) is 0. The number of hydrogen-bond donors (Lipinski definition) is 2. The van der Waals surface area contributed by atoms with E-state index >= 15 is 0 Å².